The summed E-state index contributed by atoms with van der Waals surface area (Å²) in [5.74, 6) is -12.9. The maximum Gasteiger partial charge on any atom is 0.244 e. The van der Waals surface area contributed by atoms with E-state index in [0.717, 1.165) is 21.6 Å². The third-order valence-electron chi connectivity index (χ3n) is 19.9. The van der Waals surface area contributed by atoms with Gasteiger partial charge in [0.05, 0.1) is 32.4 Å². The Balaban J connectivity index is 1.39. The lowest BCUT2D eigenvalue weighted by molar-refractivity contribution is -0.136. The Bertz CT molecular complexity index is 3920. The molecule has 7 rings (SSSR count). The van der Waals surface area contributed by atoms with E-state index in [4.69, 9.17) is 37.8 Å². The molecular formula is C78H110N16O14S2. The number of benzene rings is 3. The number of nitrogens with two attached hydrogens (primary N) is 4. The third kappa shape index (κ3) is 27.8. The summed E-state index contributed by atoms with van der Waals surface area (Å²) in [6, 6.07) is 9.72. The van der Waals surface area contributed by atoms with E-state index >= 15 is 33.6 Å². The number of amides is 8. The third-order valence-corrected chi connectivity index (χ3v) is 22.4. The standard InChI is InChI=1S/C78H110N16O14S2/c1-46-32-65(96)53-39-66(97)51(33-49-27-28-68(107-3)69(35-49)108-4)38-67(98)57(23-10-11-26-70(82)83)88-75(103)60(34-48-18-6-5-7-19-48)92-77(105)62(40-54-42-84-45-86-54)91-71(99)47(2)87-78(106)63(44-110-109-43-53)94-76(104)61(36-52-41-85-56-22-9-8-21-55(52)56)93-74(102)59(25-14-17-31-81)90-73(101)58(24-13-16-30-80)89-72(100)50(37-64(46)95)20-12-15-29-79/h5-9,18-19,21-22,27-28,35,41-42,45-47,50-51,53,57-63,85H,10-17,20,23-26,29-34,36-40,43-44,79-81H2,1-4H3,(H3,82,83)(H,84,86)(H,87,106)(H,88,103)(H,89,100)(H,90,101)(H,91,99)(H,92,105)(H,93,102)(H,94,104)/t46-,47+,50-,51-,53+,57+,58+,59+,60-,61+,62+,63+/m1/s1. The summed E-state index contributed by atoms with van der Waals surface area (Å²) in [7, 11) is 4.99. The number of aromatic nitrogens is 3. The van der Waals surface area contributed by atoms with E-state index in [0.29, 0.717) is 89.7 Å². The van der Waals surface area contributed by atoms with E-state index in [2.05, 4.69) is 57.5 Å². The van der Waals surface area contributed by atoms with Crippen LogP contribution in [0.2, 0.25) is 0 Å². The number of imidazole rings is 1. The van der Waals surface area contributed by atoms with Crippen LogP contribution < -0.4 is 74.9 Å². The number of para-hydroxylation sites is 1. The maximum atomic E-state index is 15.7. The first kappa shape index (κ1) is 87.7. The number of carbonyl (C=O) groups is 12. The molecule has 0 spiro atoms. The van der Waals surface area contributed by atoms with Crippen molar-refractivity contribution < 1.29 is 67.0 Å². The van der Waals surface area contributed by atoms with Crippen LogP contribution in [0.5, 0.6) is 11.5 Å². The molecule has 0 aliphatic carbocycles. The van der Waals surface area contributed by atoms with Crippen molar-refractivity contribution in [3.8, 4) is 11.5 Å². The summed E-state index contributed by atoms with van der Waals surface area (Å²) in [4.78, 5) is 192. The Kier molecular flexibility index (Phi) is 36.4. The van der Waals surface area contributed by atoms with Crippen molar-refractivity contribution in [3.63, 3.8) is 0 Å². The molecule has 8 amide bonds. The van der Waals surface area contributed by atoms with Crippen molar-refractivity contribution in [2.24, 2.45) is 46.6 Å². The van der Waals surface area contributed by atoms with Gasteiger partial charge in [0.25, 0.3) is 0 Å². The van der Waals surface area contributed by atoms with Gasteiger partial charge in [-0.05, 0) is 132 Å². The van der Waals surface area contributed by atoms with Gasteiger partial charge < -0.3 is 84.9 Å². The molecular weight excluding hydrogens is 1450 g/mol. The van der Waals surface area contributed by atoms with Gasteiger partial charge >= 0.3 is 0 Å². The lowest BCUT2D eigenvalue weighted by atomic mass is 9.82. The lowest BCUT2D eigenvalue weighted by Crippen LogP contribution is -2.61. The van der Waals surface area contributed by atoms with Gasteiger partial charge in [-0.2, -0.15) is 0 Å². The molecule has 2 aliphatic heterocycles. The fourth-order valence-electron chi connectivity index (χ4n) is 13.4. The minimum atomic E-state index is -1.56. The molecule has 0 radical (unpaired) electrons. The number of ketones is 4. The SMILES string of the molecule is COc1ccc(C[C@@H]2CC(=O)[C@H](CCCCC(=N)N)NC(=O)[C@@H](Cc3ccccc3)NC(=O)[C@H](Cc3cnc[nH]3)NC(=O)[C@H](C)NC(=O)[C@@H]3CSSC[C@H](CC2=O)C(=O)C[C@@H](C)C(=O)C[C@@H](CCCCN)C(=O)N[C@@H](CCCCN)C(=O)N[C@@H](CCCCN)C(=O)N[C@@H](Cc2c[nH]c4ccccc24)C(=O)N3)cc1OC. The second-order valence-corrected chi connectivity index (χ2v) is 31.0. The summed E-state index contributed by atoms with van der Waals surface area (Å²) < 4.78 is 11.2. The van der Waals surface area contributed by atoms with Crippen molar-refractivity contribution in [3.05, 3.63) is 114 Å². The van der Waals surface area contributed by atoms with Gasteiger partial charge in [-0.15, -0.1) is 0 Å². The molecule has 2 bridgehead atoms. The van der Waals surface area contributed by atoms with Crippen LogP contribution in [-0.4, -0.2) is 185 Å². The number of methoxy groups -OCH3 is 2. The number of H-pyrrole nitrogens is 2. The van der Waals surface area contributed by atoms with Gasteiger partial charge in [-0.1, -0.05) is 96.0 Å². The zero-order chi connectivity index (χ0) is 79.7. The minimum absolute atomic E-state index is 0.00129. The molecule has 0 saturated carbocycles. The molecule has 0 unspecified atom stereocenters. The molecule has 598 valence electrons. The van der Waals surface area contributed by atoms with E-state index < -0.39 is 162 Å². The number of amidine groups is 1. The average Bonchev–Trinajstić information content (AvgIpc) is 1.63. The van der Waals surface area contributed by atoms with Crippen LogP contribution in [0, 0.1) is 29.1 Å². The molecule has 19 N–H and O–H groups in total. The van der Waals surface area contributed by atoms with Gasteiger partial charge in [0.1, 0.15) is 59.6 Å². The first-order valence-electron chi connectivity index (χ1n) is 37.9. The number of ether oxygens (including phenoxy) is 2. The van der Waals surface area contributed by atoms with Crippen LogP contribution in [-0.2, 0) is 83.2 Å². The van der Waals surface area contributed by atoms with Gasteiger partial charge in [0.2, 0.25) is 47.3 Å². The number of hydrogen-bond donors (Lipinski definition) is 15. The largest absolute Gasteiger partial charge is 0.493 e. The molecule has 30 nitrogen and oxygen atoms in total. The molecule has 32 heteroatoms. The van der Waals surface area contributed by atoms with Crippen molar-refractivity contribution in [1.29, 1.82) is 5.41 Å². The topological polar surface area (TPSA) is 492 Å². The summed E-state index contributed by atoms with van der Waals surface area (Å²) >= 11 is 0. The Morgan fingerprint density at radius 1 is 0.482 bits per heavy atom. The fraction of sp³-hybridized carbons (Fsp3) is 0.538. The molecule has 2 fully saturated rings. The Labute approximate surface area is 649 Å². The van der Waals surface area contributed by atoms with Crippen LogP contribution in [0.4, 0.5) is 0 Å². The Morgan fingerprint density at radius 3 is 1.68 bits per heavy atom. The number of hydrogen-bond acceptors (Lipinski definition) is 21. The molecule has 12 atom stereocenters. The highest BCUT2D eigenvalue weighted by atomic mass is 33.1. The van der Waals surface area contributed by atoms with Crippen LogP contribution >= 0.6 is 21.6 Å². The number of aromatic amines is 2. The molecule has 2 aromatic heterocycles. The summed E-state index contributed by atoms with van der Waals surface area (Å²) in [6.45, 7) is 3.70. The molecule has 2 saturated heterocycles. The normalized spacial score (nSPS) is 24.2. The van der Waals surface area contributed by atoms with Crippen molar-refractivity contribution in [2.75, 3.05) is 45.4 Å². The molecule has 5 aromatic rings. The van der Waals surface area contributed by atoms with Crippen LogP contribution in [0.3, 0.4) is 0 Å². The van der Waals surface area contributed by atoms with Gasteiger partial charge in [-0.3, -0.25) is 62.9 Å². The number of nitrogens with zero attached hydrogens (tertiary/aromatic N) is 1. The van der Waals surface area contributed by atoms with Crippen LogP contribution in [0.1, 0.15) is 145 Å². The number of carbonyl (C=O) groups excluding carboxylic acids is 12. The predicted molar refractivity (Wildman–Crippen MR) is 421 cm³/mol. The molecule has 3 aromatic carbocycles. The maximum absolute atomic E-state index is 15.7. The number of unbranched alkanes of at least 4 members (excludes halogenated alkanes) is 4. The Hall–Kier alpha value is -9.50. The zero-order valence-corrected chi connectivity index (χ0v) is 64.9. The molecule has 2 aliphatic rings. The van der Waals surface area contributed by atoms with E-state index in [1.807, 2.05) is 18.2 Å². The number of Topliss-reactive ketones (excluding diaryl/α,β-unsaturated/α-hetero) is 4. The quantitative estimate of drug-likeness (QED) is 0.0154. The monoisotopic (exact) mass is 1560 g/mol. The summed E-state index contributed by atoms with van der Waals surface area (Å²) in [5.41, 5.74) is 26.4. The summed E-state index contributed by atoms with van der Waals surface area (Å²) in [6.07, 6.45) is 5.74. The van der Waals surface area contributed by atoms with E-state index in [1.54, 1.807) is 67.7 Å². The molecule has 4 heterocycles. The fourth-order valence-corrected chi connectivity index (χ4v) is 15.9. The van der Waals surface area contributed by atoms with E-state index in [9.17, 15) is 24.0 Å². The van der Waals surface area contributed by atoms with Gasteiger partial charge in [0.15, 0.2) is 17.3 Å². The lowest BCUT2D eigenvalue weighted by Gasteiger charge is -2.28. The van der Waals surface area contributed by atoms with E-state index in [1.165, 1.54) is 33.7 Å². The Morgan fingerprint density at radius 2 is 1.04 bits per heavy atom. The van der Waals surface area contributed by atoms with Crippen molar-refractivity contribution in [2.45, 2.75) is 197 Å². The average molecular weight is 1560 g/mol. The molecule has 110 heavy (non-hydrogen) atoms. The first-order valence-corrected chi connectivity index (χ1v) is 40.4. The van der Waals surface area contributed by atoms with Gasteiger partial charge in [-0.25, -0.2) is 4.98 Å². The van der Waals surface area contributed by atoms with Crippen molar-refractivity contribution >= 4 is 109 Å². The van der Waals surface area contributed by atoms with Crippen LogP contribution in [0.15, 0.2) is 91.5 Å². The van der Waals surface area contributed by atoms with Crippen molar-refractivity contribution in [1.82, 2.24) is 57.5 Å². The second-order valence-electron chi connectivity index (χ2n) is 28.5. The number of fused-ring (bicyclic) bond motifs is 6. The zero-order valence-electron chi connectivity index (χ0n) is 63.3. The highest BCUT2D eigenvalue weighted by molar-refractivity contribution is 8.76. The first-order chi connectivity index (χ1) is 52.9. The predicted octanol–water partition coefficient (Wildman–Crippen LogP) is 3.69. The second kappa shape index (κ2) is 45.6. The number of rotatable bonds is 27. The minimum Gasteiger partial charge on any atom is -0.493 e. The smallest absolute Gasteiger partial charge is 0.244 e. The number of nitrogens with one attached hydrogen (secondary N) is 11. The highest BCUT2D eigenvalue weighted by Gasteiger charge is 2.39. The highest BCUT2D eigenvalue weighted by Crippen LogP contribution is 2.33. The van der Waals surface area contributed by atoms with Gasteiger partial charge in [0, 0.05) is 116 Å². The van der Waals surface area contributed by atoms with E-state index in [-0.39, 0.29) is 108 Å². The van der Waals surface area contributed by atoms with Crippen LogP contribution in [0.25, 0.3) is 10.9 Å². The summed E-state index contributed by atoms with van der Waals surface area (Å²) in [5, 5.41) is 31.3.